The number of esters is 1. The molecule has 1 aliphatic rings. The molecule has 1 aromatic rings. The van der Waals surface area contributed by atoms with Crippen molar-refractivity contribution in [2.75, 3.05) is 6.61 Å². The van der Waals surface area contributed by atoms with Crippen LogP contribution in [-0.2, 0) is 16.0 Å². The van der Waals surface area contributed by atoms with Gasteiger partial charge in [-0.15, -0.1) is 0 Å². The zero-order valence-electron chi connectivity index (χ0n) is 10.1. The fraction of sp³-hybridized carbons (Fsp3) is 0.385. The normalized spacial score (nSPS) is 21.6. The number of fused-ring (bicyclic) bond motifs is 1. The van der Waals surface area contributed by atoms with Crippen LogP contribution in [0.1, 0.15) is 22.8 Å². The first-order valence-corrected chi connectivity index (χ1v) is 5.72. The summed E-state index contributed by atoms with van der Waals surface area (Å²) in [5.74, 6) is -3.39. The highest BCUT2D eigenvalue weighted by molar-refractivity contribution is 6.16. The molecule has 2 rings (SSSR count). The SMILES string of the molecule is CCOC(=O)C1(C(F)F)Cc2cccc(F)c2C1=O. The molecular weight excluding hydrogens is 261 g/mol. The van der Waals surface area contributed by atoms with E-state index in [-0.39, 0.29) is 12.2 Å². The maximum atomic E-state index is 13.6. The van der Waals surface area contributed by atoms with E-state index in [4.69, 9.17) is 0 Å². The van der Waals surface area contributed by atoms with Gasteiger partial charge in [-0.1, -0.05) is 12.1 Å². The minimum atomic E-state index is -3.24. The second-order valence-corrected chi connectivity index (χ2v) is 4.27. The standard InChI is InChI=1S/C13H11F3O3/c1-2-19-12(18)13(11(15)16)6-7-4-3-5-8(14)9(7)10(13)17/h3-5,11H,2,6H2,1H3. The minimum absolute atomic E-state index is 0.110. The fourth-order valence-corrected chi connectivity index (χ4v) is 2.26. The molecule has 0 radical (unpaired) electrons. The molecule has 1 aliphatic carbocycles. The lowest BCUT2D eigenvalue weighted by Gasteiger charge is -2.23. The molecule has 1 aromatic carbocycles. The lowest BCUT2D eigenvalue weighted by Crippen LogP contribution is -2.45. The zero-order valence-corrected chi connectivity index (χ0v) is 10.1. The summed E-state index contributed by atoms with van der Waals surface area (Å²) in [4.78, 5) is 23.8. The van der Waals surface area contributed by atoms with Crippen LogP contribution < -0.4 is 0 Å². The summed E-state index contributed by atoms with van der Waals surface area (Å²) < 4.78 is 44.7. The van der Waals surface area contributed by atoms with Gasteiger partial charge in [-0.25, -0.2) is 13.2 Å². The molecule has 0 spiro atoms. The lowest BCUT2D eigenvalue weighted by molar-refractivity contribution is -0.159. The molecular formula is C13H11F3O3. The maximum absolute atomic E-state index is 13.6. The van der Waals surface area contributed by atoms with E-state index < -0.39 is 41.4 Å². The number of hydrogen-bond donors (Lipinski definition) is 0. The lowest BCUT2D eigenvalue weighted by atomic mass is 9.84. The molecule has 0 aromatic heterocycles. The van der Waals surface area contributed by atoms with E-state index in [1.165, 1.54) is 19.1 Å². The molecule has 0 fully saturated rings. The summed E-state index contributed by atoms with van der Waals surface area (Å²) in [6, 6.07) is 3.68. The first kappa shape index (κ1) is 13.6. The molecule has 6 heteroatoms. The fourth-order valence-electron chi connectivity index (χ4n) is 2.26. The third-order valence-electron chi connectivity index (χ3n) is 3.21. The minimum Gasteiger partial charge on any atom is -0.465 e. The van der Waals surface area contributed by atoms with Crippen LogP contribution in [0.2, 0.25) is 0 Å². The summed E-state index contributed by atoms with van der Waals surface area (Å²) >= 11 is 0. The van der Waals surface area contributed by atoms with Crippen LogP contribution in [0.4, 0.5) is 13.2 Å². The van der Waals surface area contributed by atoms with Crippen LogP contribution in [0, 0.1) is 11.2 Å². The predicted octanol–water partition coefficient (Wildman–Crippen LogP) is 2.38. The Kier molecular flexibility index (Phi) is 3.34. The highest BCUT2D eigenvalue weighted by Crippen LogP contribution is 2.43. The van der Waals surface area contributed by atoms with Crippen molar-refractivity contribution in [2.24, 2.45) is 5.41 Å². The third-order valence-corrected chi connectivity index (χ3v) is 3.21. The summed E-state index contributed by atoms with van der Waals surface area (Å²) in [5, 5.41) is 0. The van der Waals surface area contributed by atoms with Gasteiger partial charge in [0.2, 0.25) is 0 Å². The van der Waals surface area contributed by atoms with Crippen molar-refractivity contribution in [3.8, 4) is 0 Å². The Morgan fingerprint density at radius 3 is 2.68 bits per heavy atom. The van der Waals surface area contributed by atoms with E-state index in [0.29, 0.717) is 0 Å². The van der Waals surface area contributed by atoms with Crippen LogP contribution in [0.5, 0.6) is 0 Å². The maximum Gasteiger partial charge on any atom is 0.326 e. The quantitative estimate of drug-likeness (QED) is 0.626. The number of Topliss-reactive ketones (excluding diaryl/α,β-unsaturated/α-hetero) is 1. The van der Waals surface area contributed by atoms with Crippen molar-refractivity contribution in [1.82, 2.24) is 0 Å². The van der Waals surface area contributed by atoms with Crippen molar-refractivity contribution < 1.29 is 27.5 Å². The highest BCUT2D eigenvalue weighted by atomic mass is 19.3. The molecule has 0 bridgehead atoms. The van der Waals surface area contributed by atoms with Gasteiger partial charge in [0, 0.05) is 6.42 Å². The van der Waals surface area contributed by atoms with Gasteiger partial charge in [0.1, 0.15) is 5.82 Å². The van der Waals surface area contributed by atoms with E-state index in [1.54, 1.807) is 0 Å². The monoisotopic (exact) mass is 272 g/mol. The summed E-state index contributed by atoms with van der Waals surface area (Å²) in [7, 11) is 0. The van der Waals surface area contributed by atoms with E-state index in [2.05, 4.69) is 4.74 Å². The number of carbonyl (C=O) groups is 2. The summed E-state index contributed by atoms with van der Waals surface area (Å²) in [6.45, 7) is 1.32. The highest BCUT2D eigenvalue weighted by Gasteiger charge is 2.60. The number of hydrogen-bond acceptors (Lipinski definition) is 3. The molecule has 1 unspecified atom stereocenters. The number of halogens is 3. The summed E-state index contributed by atoms with van der Waals surface area (Å²) in [5.41, 5.74) is -2.94. The first-order valence-electron chi connectivity index (χ1n) is 5.72. The number of ether oxygens (including phenoxy) is 1. The average Bonchev–Trinajstić information content (AvgIpc) is 2.65. The number of ketones is 1. The Bertz CT molecular complexity index is 542. The van der Waals surface area contributed by atoms with Gasteiger partial charge in [0.05, 0.1) is 12.2 Å². The van der Waals surface area contributed by atoms with E-state index in [9.17, 15) is 22.8 Å². The molecule has 102 valence electrons. The molecule has 0 aliphatic heterocycles. The Labute approximate surface area is 107 Å². The van der Waals surface area contributed by atoms with Crippen LogP contribution in [0.3, 0.4) is 0 Å². The van der Waals surface area contributed by atoms with Crippen LogP contribution >= 0.6 is 0 Å². The second kappa shape index (κ2) is 4.68. The van der Waals surface area contributed by atoms with Crippen LogP contribution in [-0.4, -0.2) is 24.8 Å². The van der Waals surface area contributed by atoms with Crippen molar-refractivity contribution in [1.29, 1.82) is 0 Å². The largest absolute Gasteiger partial charge is 0.465 e. The number of carbonyl (C=O) groups excluding carboxylic acids is 2. The Morgan fingerprint density at radius 2 is 2.16 bits per heavy atom. The molecule has 1 atom stereocenters. The van der Waals surface area contributed by atoms with Crippen LogP contribution in [0.25, 0.3) is 0 Å². The van der Waals surface area contributed by atoms with Crippen molar-refractivity contribution in [3.63, 3.8) is 0 Å². The van der Waals surface area contributed by atoms with Crippen molar-refractivity contribution >= 4 is 11.8 Å². The second-order valence-electron chi connectivity index (χ2n) is 4.27. The van der Waals surface area contributed by atoms with Gasteiger partial charge < -0.3 is 4.74 Å². The average molecular weight is 272 g/mol. The van der Waals surface area contributed by atoms with Gasteiger partial charge in [0.15, 0.2) is 11.2 Å². The number of alkyl halides is 2. The first-order chi connectivity index (χ1) is 8.95. The Balaban J connectivity index is 2.54. The summed E-state index contributed by atoms with van der Waals surface area (Å²) in [6.07, 6.45) is -3.78. The van der Waals surface area contributed by atoms with Gasteiger partial charge in [-0.05, 0) is 18.6 Å². The zero-order chi connectivity index (χ0) is 14.2. The van der Waals surface area contributed by atoms with Gasteiger partial charge >= 0.3 is 5.97 Å². The number of benzene rings is 1. The van der Waals surface area contributed by atoms with Gasteiger partial charge in [-0.2, -0.15) is 0 Å². The Hall–Kier alpha value is -1.85. The van der Waals surface area contributed by atoms with Crippen molar-refractivity contribution in [3.05, 3.63) is 35.1 Å². The molecule has 0 amide bonds. The Morgan fingerprint density at radius 1 is 1.47 bits per heavy atom. The van der Waals surface area contributed by atoms with Gasteiger partial charge in [0.25, 0.3) is 6.43 Å². The number of rotatable bonds is 3. The van der Waals surface area contributed by atoms with E-state index in [1.807, 2.05) is 0 Å². The van der Waals surface area contributed by atoms with Crippen molar-refractivity contribution in [2.45, 2.75) is 19.8 Å². The topological polar surface area (TPSA) is 43.4 Å². The third kappa shape index (κ3) is 1.82. The smallest absolute Gasteiger partial charge is 0.326 e. The predicted molar refractivity (Wildman–Crippen MR) is 59.5 cm³/mol. The van der Waals surface area contributed by atoms with E-state index in [0.717, 1.165) is 6.07 Å². The molecule has 0 saturated carbocycles. The molecule has 0 N–H and O–H groups in total. The van der Waals surface area contributed by atoms with Gasteiger partial charge in [-0.3, -0.25) is 9.59 Å². The molecule has 3 nitrogen and oxygen atoms in total. The molecule has 0 heterocycles. The molecule has 0 saturated heterocycles. The van der Waals surface area contributed by atoms with E-state index >= 15 is 0 Å². The van der Waals surface area contributed by atoms with Crippen LogP contribution in [0.15, 0.2) is 18.2 Å². The molecule has 19 heavy (non-hydrogen) atoms.